The number of aromatic nitrogens is 1. The first-order valence-corrected chi connectivity index (χ1v) is 7.49. The van der Waals surface area contributed by atoms with Crippen LogP contribution in [0.25, 0.3) is 11.1 Å². The van der Waals surface area contributed by atoms with Crippen molar-refractivity contribution in [1.29, 1.82) is 0 Å². The van der Waals surface area contributed by atoms with Gasteiger partial charge in [-0.3, -0.25) is 14.3 Å². The van der Waals surface area contributed by atoms with Crippen molar-refractivity contribution in [3.8, 4) is 0 Å². The van der Waals surface area contributed by atoms with Crippen molar-refractivity contribution in [3.05, 3.63) is 23.6 Å². The van der Waals surface area contributed by atoms with Gasteiger partial charge in [-0.1, -0.05) is 0 Å². The number of nitrogens with zero attached hydrogens (tertiary/aromatic N) is 3. The second-order valence-corrected chi connectivity index (χ2v) is 5.55. The predicted molar refractivity (Wildman–Crippen MR) is 84.0 cm³/mol. The molecule has 1 fully saturated rings. The minimum Gasteiger partial charge on any atom is -0.442 e. The Hall–Kier alpha value is -3.04. The Morgan fingerprint density at radius 1 is 1.52 bits per heavy atom. The molecule has 1 aliphatic rings. The molecule has 2 heterocycles. The molecular formula is C15H17FN4O5. The van der Waals surface area contributed by atoms with E-state index in [1.54, 1.807) is 7.05 Å². The molecule has 0 bridgehead atoms. The van der Waals surface area contributed by atoms with E-state index in [1.807, 2.05) is 0 Å². The Kier molecular flexibility index (Phi) is 4.34. The van der Waals surface area contributed by atoms with E-state index in [-0.39, 0.29) is 35.8 Å². The molecule has 2 amide bonds. The van der Waals surface area contributed by atoms with Crippen LogP contribution in [-0.4, -0.2) is 42.9 Å². The molecule has 1 saturated heterocycles. The van der Waals surface area contributed by atoms with Gasteiger partial charge >= 0.3 is 11.8 Å². The van der Waals surface area contributed by atoms with Crippen LogP contribution >= 0.6 is 0 Å². The lowest BCUT2D eigenvalue weighted by Crippen LogP contribution is -2.33. The van der Waals surface area contributed by atoms with E-state index >= 15 is 0 Å². The number of benzene rings is 1. The summed E-state index contributed by atoms with van der Waals surface area (Å²) in [5.41, 5.74) is 0.785. The summed E-state index contributed by atoms with van der Waals surface area (Å²) in [6.45, 7) is 1.75. The van der Waals surface area contributed by atoms with Crippen molar-refractivity contribution in [3.63, 3.8) is 0 Å². The molecule has 3 rings (SSSR count). The zero-order valence-corrected chi connectivity index (χ0v) is 13.9. The summed E-state index contributed by atoms with van der Waals surface area (Å²) in [7, 11) is 2.93. The number of rotatable bonds is 4. The van der Waals surface area contributed by atoms with Crippen molar-refractivity contribution in [1.82, 2.24) is 9.88 Å². The fourth-order valence-corrected chi connectivity index (χ4v) is 2.64. The maximum Gasteiger partial charge on any atom is 0.414 e. The summed E-state index contributed by atoms with van der Waals surface area (Å²) in [4.78, 5) is 28.9. The molecule has 134 valence electrons. The van der Waals surface area contributed by atoms with Gasteiger partial charge in [-0.05, 0) is 5.16 Å². The molecule has 0 unspecified atom stereocenters. The smallest absolute Gasteiger partial charge is 0.414 e. The summed E-state index contributed by atoms with van der Waals surface area (Å²) in [5.74, 6) is -0.797. The van der Waals surface area contributed by atoms with E-state index in [2.05, 4.69) is 15.3 Å². The first-order valence-electron chi connectivity index (χ1n) is 7.49. The second-order valence-electron chi connectivity index (χ2n) is 5.55. The van der Waals surface area contributed by atoms with Crippen LogP contribution in [0.5, 0.6) is 0 Å². The SMILES string of the molecule is CON=c1oc2cc(N3C[C@H](CNC(C)=O)OC3=O)cc(F)c2n1C. The average molecular weight is 352 g/mol. The van der Waals surface area contributed by atoms with Gasteiger partial charge in [0.15, 0.2) is 11.4 Å². The number of hydrogen-bond acceptors (Lipinski definition) is 6. The zero-order valence-electron chi connectivity index (χ0n) is 13.9. The van der Waals surface area contributed by atoms with Gasteiger partial charge in [0.05, 0.1) is 18.8 Å². The highest BCUT2D eigenvalue weighted by atomic mass is 19.1. The normalized spacial score (nSPS) is 17.9. The van der Waals surface area contributed by atoms with Crippen LogP contribution in [0.3, 0.4) is 0 Å². The van der Waals surface area contributed by atoms with Crippen LogP contribution in [0.1, 0.15) is 6.92 Å². The second kappa shape index (κ2) is 6.46. The highest BCUT2D eigenvalue weighted by Crippen LogP contribution is 2.27. The van der Waals surface area contributed by atoms with Crippen LogP contribution in [0.15, 0.2) is 21.7 Å². The summed E-state index contributed by atoms with van der Waals surface area (Å²) in [6, 6.07) is 2.74. The van der Waals surface area contributed by atoms with Crippen molar-refractivity contribution in [2.75, 3.05) is 25.1 Å². The lowest BCUT2D eigenvalue weighted by Gasteiger charge is -2.13. The standard InChI is InChI=1S/C15H17FN4O5/c1-8(21)17-6-10-7-20(15(22)24-10)9-4-11(16)13-12(5-9)25-14(18-23-3)19(13)2/h4-5,10H,6-7H2,1-3H3,(H,17,21)/t10-/m0/s1. The van der Waals surface area contributed by atoms with Gasteiger partial charge in [0.1, 0.15) is 18.7 Å². The molecule has 0 aliphatic carbocycles. The number of ether oxygens (including phenoxy) is 1. The Labute approximate surface area is 141 Å². The predicted octanol–water partition coefficient (Wildman–Crippen LogP) is 0.834. The molecule has 9 nitrogen and oxygen atoms in total. The van der Waals surface area contributed by atoms with E-state index in [0.29, 0.717) is 5.69 Å². The number of amides is 2. The summed E-state index contributed by atoms with van der Waals surface area (Å²) < 4.78 is 26.5. The van der Waals surface area contributed by atoms with Gasteiger partial charge in [-0.25, -0.2) is 9.18 Å². The largest absolute Gasteiger partial charge is 0.442 e. The molecular weight excluding hydrogens is 335 g/mol. The molecule has 1 aliphatic heterocycles. The van der Waals surface area contributed by atoms with E-state index in [0.717, 1.165) is 0 Å². The molecule has 0 spiro atoms. The molecule has 1 N–H and O–H groups in total. The van der Waals surface area contributed by atoms with E-state index in [4.69, 9.17) is 9.15 Å². The number of nitrogens with one attached hydrogen (secondary N) is 1. The minimum absolute atomic E-state index is 0.0843. The molecule has 2 aromatic rings. The fraction of sp³-hybridized carbons (Fsp3) is 0.400. The Morgan fingerprint density at radius 3 is 2.96 bits per heavy atom. The molecule has 0 radical (unpaired) electrons. The first kappa shape index (κ1) is 16.8. The Balaban J connectivity index is 1.93. The van der Waals surface area contributed by atoms with Crippen molar-refractivity contribution < 1.29 is 28.0 Å². The van der Waals surface area contributed by atoms with Crippen LogP contribution in [0.2, 0.25) is 0 Å². The molecule has 1 aromatic heterocycles. The van der Waals surface area contributed by atoms with Crippen LogP contribution in [-0.2, 0) is 21.4 Å². The monoisotopic (exact) mass is 352 g/mol. The molecule has 1 atom stereocenters. The number of anilines is 1. The third-order valence-corrected chi connectivity index (χ3v) is 3.77. The van der Waals surface area contributed by atoms with E-state index in [9.17, 15) is 14.0 Å². The van der Waals surface area contributed by atoms with Gasteiger partial charge in [-0.2, -0.15) is 0 Å². The minimum atomic E-state index is -0.619. The van der Waals surface area contributed by atoms with Crippen molar-refractivity contribution in [2.24, 2.45) is 12.2 Å². The number of fused-ring (bicyclic) bond motifs is 1. The third-order valence-electron chi connectivity index (χ3n) is 3.77. The van der Waals surface area contributed by atoms with Gasteiger partial charge in [-0.15, -0.1) is 0 Å². The highest BCUT2D eigenvalue weighted by molar-refractivity contribution is 5.92. The molecule has 1 aromatic carbocycles. The van der Waals surface area contributed by atoms with Crippen molar-refractivity contribution >= 4 is 28.8 Å². The third kappa shape index (κ3) is 3.14. The van der Waals surface area contributed by atoms with E-state index < -0.39 is 18.0 Å². The first-order chi connectivity index (χ1) is 11.9. The Bertz CT molecular complexity index is 903. The average Bonchev–Trinajstić information content (AvgIpc) is 3.06. The van der Waals surface area contributed by atoms with Crippen LogP contribution in [0.4, 0.5) is 14.9 Å². The number of halogens is 1. The number of cyclic esters (lactones) is 1. The van der Waals surface area contributed by atoms with Crippen molar-refractivity contribution in [2.45, 2.75) is 13.0 Å². The van der Waals surface area contributed by atoms with Gasteiger partial charge in [0.25, 0.3) is 0 Å². The maximum atomic E-state index is 14.5. The summed E-state index contributed by atoms with van der Waals surface area (Å²) >= 11 is 0. The number of carbonyl (C=O) groups is 2. The summed E-state index contributed by atoms with van der Waals surface area (Å²) in [5, 5.41) is 6.24. The topological polar surface area (TPSA) is 98.3 Å². The maximum absolute atomic E-state index is 14.5. The lowest BCUT2D eigenvalue weighted by atomic mass is 10.2. The quantitative estimate of drug-likeness (QED) is 0.822. The lowest BCUT2D eigenvalue weighted by molar-refractivity contribution is -0.119. The molecule has 10 heteroatoms. The van der Waals surface area contributed by atoms with Crippen LogP contribution in [0, 0.1) is 5.82 Å². The van der Waals surface area contributed by atoms with Gasteiger partial charge in [0.2, 0.25) is 5.91 Å². The Morgan fingerprint density at radius 2 is 2.28 bits per heavy atom. The van der Waals surface area contributed by atoms with E-state index in [1.165, 1.54) is 35.6 Å². The fourth-order valence-electron chi connectivity index (χ4n) is 2.64. The number of aryl methyl sites for hydroxylation is 1. The number of oxazole rings is 1. The van der Waals surface area contributed by atoms with Gasteiger partial charge < -0.3 is 19.3 Å². The van der Waals surface area contributed by atoms with Crippen LogP contribution < -0.4 is 15.9 Å². The number of carbonyl (C=O) groups excluding carboxylic acids is 2. The highest BCUT2D eigenvalue weighted by Gasteiger charge is 2.33. The number of hydrogen-bond donors (Lipinski definition) is 1. The zero-order chi connectivity index (χ0) is 18.1. The molecule has 25 heavy (non-hydrogen) atoms. The summed E-state index contributed by atoms with van der Waals surface area (Å²) in [6.07, 6.45) is -1.13. The molecule has 0 saturated carbocycles. The van der Waals surface area contributed by atoms with Gasteiger partial charge in [0, 0.05) is 26.1 Å².